The summed E-state index contributed by atoms with van der Waals surface area (Å²) in [6.07, 6.45) is 0.675. The lowest BCUT2D eigenvalue weighted by Crippen LogP contribution is -2.32. The molecule has 1 aliphatic rings. The predicted octanol–water partition coefficient (Wildman–Crippen LogP) is 3.87. The summed E-state index contributed by atoms with van der Waals surface area (Å²) in [6.45, 7) is 5.78. The highest BCUT2D eigenvalue weighted by atomic mass is 16.5. The monoisotopic (exact) mass is 482 g/mol. The van der Waals surface area contributed by atoms with Gasteiger partial charge in [0.1, 0.15) is 11.5 Å². The lowest BCUT2D eigenvalue weighted by atomic mass is 9.95. The third-order valence-corrected chi connectivity index (χ3v) is 5.79. The maximum absolute atomic E-state index is 13.2. The summed E-state index contributed by atoms with van der Waals surface area (Å²) in [5.74, 6) is 0.164. The molecule has 2 aromatic carbocycles. The summed E-state index contributed by atoms with van der Waals surface area (Å²) >= 11 is 0. The summed E-state index contributed by atoms with van der Waals surface area (Å²) in [4.78, 5) is 29.9. The zero-order chi connectivity index (χ0) is 25.5. The first kappa shape index (κ1) is 26.1. The Balaban J connectivity index is 2.13. The largest absolute Gasteiger partial charge is 0.507 e. The molecule has 1 fully saturated rings. The molecule has 1 atom stereocenters. The SMILES string of the molecule is CCOc1ccc([C@@H]2C(=C(O)c3ccc(OC)cc3)C(=O)C(=O)N2CCCN(C)C)cc1OCC. The number of ether oxygens (including phenoxy) is 3. The zero-order valence-electron chi connectivity index (χ0n) is 21.0. The van der Waals surface area contributed by atoms with Crippen molar-refractivity contribution in [2.24, 2.45) is 0 Å². The molecule has 2 aromatic rings. The maximum atomic E-state index is 13.2. The number of hydrogen-bond acceptors (Lipinski definition) is 7. The molecule has 0 aromatic heterocycles. The average Bonchev–Trinajstić information content (AvgIpc) is 3.10. The number of Topliss-reactive ketones (excluding diaryl/α,β-unsaturated/α-hetero) is 1. The first-order chi connectivity index (χ1) is 16.8. The van der Waals surface area contributed by atoms with E-state index in [-0.39, 0.29) is 11.3 Å². The van der Waals surface area contributed by atoms with Gasteiger partial charge in [0, 0.05) is 12.1 Å². The standard InChI is InChI=1S/C27H34N2O6/c1-6-34-21-14-11-19(17-22(21)35-7-2)24-23(25(30)18-9-12-20(33-5)13-10-18)26(31)27(32)29(24)16-8-15-28(3)4/h9-14,17,24,30H,6-8,15-16H2,1-5H3/t24-/m1/s1. The van der Waals surface area contributed by atoms with E-state index in [4.69, 9.17) is 14.2 Å². The lowest BCUT2D eigenvalue weighted by molar-refractivity contribution is -0.139. The smallest absolute Gasteiger partial charge is 0.295 e. The van der Waals surface area contributed by atoms with Crippen molar-refractivity contribution in [2.75, 3.05) is 47.5 Å². The van der Waals surface area contributed by atoms with Crippen LogP contribution in [0.1, 0.15) is 37.4 Å². The molecule has 1 saturated heterocycles. The molecule has 1 N–H and O–H groups in total. The Kier molecular flexibility index (Phi) is 8.76. The van der Waals surface area contributed by atoms with E-state index in [0.29, 0.717) is 54.6 Å². The van der Waals surface area contributed by atoms with Crippen LogP contribution >= 0.6 is 0 Å². The quantitative estimate of drug-likeness (QED) is 0.296. The van der Waals surface area contributed by atoms with E-state index < -0.39 is 17.7 Å². The second kappa shape index (κ2) is 11.8. The molecule has 0 aliphatic carbocycles. The van der Waals surface area contributed by atoms with Crippen LogP contribution in [0.25, 0.3) is 5.76 Å². The molecule has 1 amide bonds. The summed E-state index contributed by atoms with van der Waals surface area (Å²) in [6, 6.07) is 11.3. The first-order valence-electron chi connectivity index (χ1n) is 11.8. The van der Waals surface area contributed by atoms with Crippen LogP contribution in [0.3, 0.4) is 0 Å². The topological polar surface area (TPSA) is 88.5 Å². The molecular weight excluding hydrogens is 448 g/mol. The molecule has 0 saturated carbocycles. The highest BCUT2D eigenvalue weighted by molar-refractivity contribution is 6.46. The predicted molar refractivity (Wildman–Crippen MR) is 134 cm³/mol. The molecule has 3 rings (SSSR count). The van der Waals surface area contributed by atoms with Crippen LogP contribution in [-0.4, -0.2) is 74.1 Å². The van der Waals surface area contributed by atoms with E-state index in [0.717, 1.165) is 6.54 Å². The minimum absolute atomic E-state index is 0.0524. The molecule has 0 unspecified atom stereocenters. The lowest BCUT2D eigenvalue weighted by Gasteiger charge is -2.26. The Morgan fingerprint density at radius 3 is 2.26 bits per heavy atom. The molecule has 8 nitrogen and oxygen atoms in total. The van der Waals surface area contributed by atoms with E-state index in [2.05, 4.69) is 0 Å². The van der Waals surface area contributed by atoms with Gasteiger partial charge in [0.25, 0.3) is 11.7 Å². The van der Waals surface area contributed by atoms with Crippen molar-refractivity contribution in [3.63, 3.8) is 0 Å². The Morgan fingerprint density at radius 1 is 1.00 bits per heavy atom. The van der Waals surface area contributed by atoms with Gasteiger partial charge in [-0.1, -0.05) is 6.07 Å². The van der Waals surface area contributed by atoms with Gasteiger partial charge in [-0.05, 0) is 82.9 Å². The number of benzene rings is 2. The first-order valence-corrected chi connectivity index (χ1v) is 11.8. The van der Waals surface area contributed by atoms with Crippen LogP contribution in [-0.2, 0) is 9.59 Å². The number of aliphatic hydroxyl groups excluding tert-OH is 1. The molecule has 0 radical (unpaired) electrons. The van der Waals surface area contributed by atoms with Crippen LogP contribution in [0.2, 0.25) is 0 Å². The van der Waals surface area contributed by atoms with Crippen LogP contribution in [0.5, 0.6) is 17.2 Å². The number of hydrogen-bond donors (Lipinski definition) is 1. The van der Waals surface area contributed by atoms with Crippen molar-refractivity contribution >= 4 is 17.4 Å². The van der Waals surface area contributed by atoms with E-state index in [9.17, 15) is 14.7 Å². The van der Waals surface area contributed by atoms with Crippen molar-refractivity contribution in [1.82, 2.24) is 9.80 Å². The fourth-order valence-corrected chi connectivity index (χ4v) is 4.16. The van der Waals surface area contributed by atoms with Gasteiger partial charge in [-0.25, -0.2) is 0 Å². The number of carbonyl (C=O) groups is 2. The molecule has 8 heteroatoms. The molecular formula is C27H34N2O6. The van der Waals surface area contributed by atoms with E-state index >= 15 is 0 Å². The highest BCUT2D eigenvalue weighted by Gasteiger charge is 2.46. The van der Waals surface area contributed by atoms with Gasteiger partial charge < -0.3 is 29.1 Å². The summed E-state index contributed by atoms with van der Waals surface area (Å²) in [5.41, 5.74) is 1.14. The Hall–Kier alpha value is -3.52. The van der Waals surface area contributed by atoms with E-state index in [1.165, 1.54) is 4.90 Å². The number of amides is 1. The Labute approximate surface area is 206 Å². The van der Waals surface area contributed by atoms with Crippen LogP contribution in [0.4, 0.5) is 0 Å². The fraction of sp³-hybridized carbons (Fsp3) is 0.407. The number of carbonyl (C=O) groups excluding carboxylic acids is 2. The molecule has 1 heterocycles. The van der Waals surface area contributed by atoms with Crippen LogP contribution in [0, 0.1) is 0 Å². The summed E-state index contributed by atoms with van der Waals surface area (Å²) < 4.78 is 16.7. The van der Waals surface area contributed by atoms with Gasteiger partial charge >= 0.3 is 0 Å². The third-order valence-electron chi connectivity index (χ3n) is 5.79. The molecule has 1 aliphatic heterocycles. The number of ketones is 1. The fourth-order valence-electron chi connectivity index (χ4n) is 4.16. The Bertz CT molecular complexity index is 1080. The summed E-state index contributed by atoms with van der Waals surface area (Å²) in [5, 5.41) is 11.2. The van der Waals surface area contributed by atoms with E-state index in [1.807, 2.05) is 38.9 Å². The van der Waals surface area contributed by atoms with Gasteiger partial charge in [-0.2, -0.15) is 0 Å². The average molecular weight is 483 g/mol. The van der Waals surface area contributed by atoms with Gasteiger partial charge in [-0.15, -0.1) is 0 Å². The number of likely N-dealkylation sites (tertiary alicyclic amines) is 1. The van der Waals surface area contributed by atoms with Crippen molar-refractivity contribution in [1.29, 1.82) is 0 Å². The van der Waals surface area contributed by atoms with Gasteiger partial charge in [0.05, 0.1) is 31.9 Å². The molecule has 0 spiro atoms. The number of rotatable bonds is 11. The zero-order valence-corrected chi connectivity index (χ0v) is 21.0. The van der Waals surface area contributed by atoms with Gasteiger partial charge in [0.15, 0.2) is 11.5 Å². The van der Waals surface area contributed by atoms with Gasteiger partial charge in [0.2, 0.25) is 0 Å². The van der Waals surface area contributed by atoms with Gasteiger partial charge in [-0.3, -0.25) is 9.59 Å². The number of nitrogens with zero attached hydrogens (tertiary/aromatic N) is 2. The van der Waals surface area contributed by atoms with Crippen molar-refractivity contribution in [3.8, 4) is 17.2 Å². The summed E-state index contributed by atoms with van der Waals surface area (Å²) in [7, 11) is 5.46. The third kappa shape index (κ3) is 5.77. The van der Waals surface area contributed by atoms with Crippen LogP contribution < -0.4 is 14.2 Å². The minimum Gasteiger partial charge on any atom is -0.507 e. The molecule has 0 bridgehead atoms. The Morgan fingerprint density at radius 2 is 1.66 bits per heavy atom. The van der Waals surface area contributed by atoms with E-state index in [1.54, 1.807) is 43.5 Å². The second-order valence-electron chi connectivity index (χ2n) is 8.45. The van der Waals surface area contributed by atoms with Crippen molar-refractivity contribution < 1.29 is 28.9 Å². The second-order valence-corrected chi connectivity index (χ2v) is 8.45. The molecule has 35 heavy (non-hydrogen) atoms. The normalized spacial score (nSPS) is 17.2. The number of aliphatic hydroxyl groups is 1. The number of methoxy groups -OCH3 is 1. The minimum atomic E-state index is -0.755. The highest BCUT2D eigenvalue weighted by Crippen LogP contribution is 2.42. The van der Waals surface area contributed by atoms with Crippen molar-refractivity contribution in [3.05, 3.63) is 59.2 Å². The van der Waals surface area contributed by atoms with Crippen LogP contribution in [0.15, 0.2) is 48.0 Å². The molecule has 188 valence electrons. The maximum Gasteiger partial charge on any atom is 0.295 e. The van der Waals surface area contributed by atoms with Crippen molar-refractivity contribution in [2.45, 2.75) is 26.3 Å².